The van der Waals surface area contributed by atoms with Crippen LogP contribution in [0.25, 0.3) is 0 Å². The number of hydrogen-bond acceptors (Lipinski definition) is 4. The average Bonchev–Trinajstić information content (AvgIpc) is 2.39. The number of nitrogens with one attached hydrogen (secondary N) is 1. The number of halogens is 1. The molecular formula is C13H18ClNO4. The molecule has 5 nitrogen and oxygen atoms in total. The van der Waals surface area contributed by atoms with Crippen LogP contribution in [0.2, 0.25) is 5.02 Å². The van der Waals surface area contributed by atoms with E-state index in [1.165, 1.54) is 14.2 Å². The lowest BCUT2D eigenvalue weighted by molar-refractivity contribution is -0.139. The van der Waals surface area contributed by atoms with Crippen LogP contribution in [-0.2, 0) is 4.79 Å². The number of hydrogen-bond donors (Lipinski definition) is 2. The number of methoxy groups -OCH3 is 2. The fourth-order valence-electron chi connectivity index (χ4n) is 1.75. The summed E-state index contributed by atoms with van der Waals surface area (Å²) in [6.07, 6.45) is 0.828. The molecule has 1 aromatic carbocycles. The van der Waals surface area contributed by atoms with Gasteiger partial charge in [0.05, 0.1) is 19.2 Å². The first-order chi connectivity index (χ1) is 9.06. The normalized spacial score (nSPS) is 12.0. The maximum Gasteiger partial charge on any atom is 0.325 e. The van der Waals surface area contributed by atoms with Crippen LogP contribution >= 0.6 is 11.6 Å². The predicted molar refractivity (Wildman–Crippen MR) is 73.2 cm³/mol. The van der Waals surface area contributed by atoms with Gasteiger partial charge in [-0.15, -0.1) is 0 Å². The van der Waals surface area contributed by atoms with Gasteiger partial charge in [0.25, 0.3) is 0 Å². The minimum absolute atomic E-state index is 0.248. The predicted octanol–water partition coefficient (Wildman–Crippen LogP) is 2.48. The molecule has 0 fully saturated rings. The average molecular weight is 288 g/mol. The van der Waals surface area contributed by atoms with Crippen LogP contribution < -0.4 is 14.8 Å². The van der Waals surface area contributed by atoms with Crippen LogP contribution in [0.1, 0.15) is 24.9 Å². The summed E-state index contributed by atoms with van der Waals surface area (Å²) in [7, 11) is 2.96. The highest BCUT2D eigenvalue weighted by Gasteiger charge is 2.24. The number of benzene rings is 1. The monoisotopic (exact) mass is 287 g/mol. The molecular weight excluding hydrogens is 270 g/mol. The van der Waals surface area contributed by atoms with Gasteiger partial charge >= 0.3 is 5.97 Å². The molecule has 0 aromatic heterocycles. The van der Waals surface area contributed by atoms with E-state index in [0.29, 0.717) is 23.6 Å². The molecule has 0 amide bonds. The van der Waals surface area contributed by atoms with E-state index in [1.807, 2.05) is 6.92 Å². The first kappa shape index (κ1) is 15.6. The van der Waals surface area contributed by atoms with E-state index < -0.39 is 12.0 Å². The van der Waals surface area contributed by atoms with Gasteiger partial charge in [0.2, 0.25) is 0 Å². The largest absolute Gasteiger partial charge is 0.493 e. The first-order valence-corrected chi connectivity index (χ1v) is 6.31. The van der Waals surface area contributed by atoms with Crippen molar-refractivity contribution in [3.05, 3.63) is 22.7 Å². The highest BCUT2D eigenvalue weighted by atomic mass is 35.5. The third kappa shape index (κ3) is 3.52. The highest BCUT2D eigenvalue weighted by Crippen LogP contribution is 2.39. The standard InChI is InChI=1S/C13H18ClNO4/c1-4-7-15-11(13(16)17)8-5-6-9(18-2)12(19-3)10(8)14/h5-6,11,15H,4,7H2,1-3H3,(H,16,17). The van der Waals surface area contributed by atoms with Crippen molar-refractivity contribution in [2.75, 3.05) is 20.8 Å². The summed E-state index contributed by atoms with van der Waals surface area (Å²) in [5.74, 6) is -0.176. The number of carbonyl (C=O) groups is 1. The van der Waals surface area contributed by atoms with Crippen LogP contribution in [0.15, 0.2) is 12.1 Å². The van der Waals surface area contributed by atoms with Gasteiger partial charge in [-0.2, -0.15) is 0 Å². The summed E-state index contributed by atoms with van der Waals surface area (Å²) in [6.45, 7) is 2.55. The molecule has 2 N–H and O–H groups in total. The van der Waals surface area contributed by atoms with E-state index in [4.69, 9.17) is 21.1 Å². The van der Waals surface area contributed by atoms with Crippen molar-refractivity contribution >= 4 is 17.6 Å². The Kier molecular flexibility index (Phi) is 5.92. The summed E-state index contributed by atoms with van der Waals surface area (Å²) in [5.41, 5.74) is 0.459. The van der Waals surface area contributed by atoms with E-state index in [1.54, 1.807) is 12.1 Å². The molecule has 0 saturated heterocycles. The number of aliphatic carboxylic acids is 1. The Morgan fingerprint density at radius 2 is 2.11 bits per heavy atom. The van der Waals surface area contributed by atoms with Gasteiger partial charge in [0.1, 0.15) is 6.04 Å². The molecule has 0 bridgehead atoms. The molecule has 19 heavy (non-hydrogen) atoms. The lowest BCUT2D eigenvalue weighted by atomic mass is 10.1. The summed E-state index contributed by atoms with van der Waals surface area (Å²) in [4.78, 5) is 11.3. The Hall–Kier alpha value is -1.46. The number of ether oxygens (including phenoxy) is 2. The number of carboxylic acid groups (broad SMARTS) is 1. The second-order valence-corrected chi connectivity index (χ2v) is 4.31. The molecule has 0 heterocycles. The van der Waals surface area contributed by atoms with Crippen LogP contribution in [0.3, 0.4) is 0 Å². The Balaban J connectivity index is 3.20. The van der Waals surface area contributed by atoms with Crippen LogP contribution in [0.5, 0.6) is 11.5 Å². The van der Waals surface area contributed by atoms with Crippen molar-refractivity contribution in [1.82, 2.24) is 5.32 Å². The molecule has 6 heteroatoms. The van der Waals surface area contributed by atoms with Crippen molar-refractivity contribution in [2.45, 2.75) is 19.4 Å². The molecule has 1 aromatic rings. The van der Waals surface area contributed by atoms with Gasteiger partial charge in [-0.1, -0.05) is 24.6 Å². The number of carboxylic acids is 1. The van der Waals surface area contributed by atoms with Gasteiger partial charge in [-0.05, 0) is 19.0 Å². The molecule has 0 radical (unpaired) electrons. The van der Waals surface area contributed by atoms with Crippen molar-refractivity contribution in [2.24, 2.45) is 0 Å². The zero-order valence-electron chi connectivity index (χ0n) is 11.2. The Bertz CT molecular complexity index is 451. The van der Waals surface area contributed by atoms with Crippen molar-refractivity contribution in [3.8, 4) is 11.5 Å². The van der Waals surface area contributed by atoms with Gasteiger partial charge in [-0.25, -0.2) is 0 Å². The van der Waals surface area contributed by atoms with Crippen molar-refractivity contribution in [1.29, 1.82) is 0 Å². The third-order valence-corrected chi connectivity index (χ3v) is 3.06. The zero-order chi connectivity index (χ0) is 14.4. The molecule has 0 spiro atoms. The van der Waals surface area contributed by atoms with Crippen LogP contribution in [0, 0.1) is 0 Å². The fraction of sp³-hybridized carbons (Fsp3) is 0.462. The van der Waals surface area contributed by atoms with Crippen LogP contribution in [-0.4, -0.2) is 31.8 Å². The zero-order valence-corrected chi connectivity index (χ0v) is 12.0. The van der Waals surface area contributed by atoms with Gasteiger partial charge in [0, 0.05) is 5.56 Å². The second kappa shape index (κ2) is 7.21. The minimum Gasteiger partial charge on any atom is -0.493 e. The minimum atomic E-state index is -0.984. The van der Waals surface area contributed by atoms with Gasteiger partial charge < -0.3 is 19.9 Å². The Morgan fingerprint density at radius 3 is 2.58 bits per heavy atom. The van der Waals surface area contributed by atoms with E-state index >= 15 is 0 Å². The Labute approximate surface area is 117 Å². The smallest absolute Gasteiger partial charge is 0.325 e. The molecule has 1 unspecified atom stereocenters. The van der Waals surface area contributed by atoms with Gasteiger partial charge in [0.15, 0.2) is 11.5 Å². The second-order valence-electron chi connectivity index (χ2n) is 3.93. The van der Waals surface area contributed by atoms with E-state index in [0.717, 1.165) is 6.42 Å². The number of rotatable bonds is 7. The van der Waals surface area contributed by atoms with Crippen molar-refractivity contribution in [3.63, 3.8) is 0 Å². The summed E-state index contributed by atoms with van der Waals surface area (Å²) >= 11 is 6.20. The lowest BCUT2D eigenvalue weighted by Crippen LogP contribution is -2.29. The molecule has 0 aliphatic carbocycles. The lowest BCUT2D eigenvalue weighted by Gasteiger charge is -2.18. The van der Waals surface area contributed by atoms with Crippen molar-refractivity contribution < 1.29 is 19.4 Å². The van der Waals surface area contributed by atoms with Crippen LogP contribution in [0.4, 0.5) is 0 Å². The summed E-state index contributed by atoms with van der Waals surface area (Å²) in [6, 6.07) is 2.40. The topological polar surface area (TPSA) is 67.8 Å². The molecule has 0 aliphatic rings. The maximum absolute atomic E-state index is 11.3. The molecule has 1 rings (SSSR count). The molecule has 106 valence electrons. The molecule has 0 aliphatic heterocycles. The van der Waals surface area contributed by atoms with E-state index in [9.17, 15) is 9.90 Å². The quantitative estimate of drug-likeness (QED) is 0.806. The SMILES string of the molecule is CCCNC(C(=O)O)c1ccc(OC)c(OC)c1Cl. The fourth-order valence-corrected chi connectivity index (χ4v) is 2.09. The van der Waals surface area contributed by atoms with Gasteiger partial charge in [-0.3, -0.25) is 4.79 Å². The molecule has 0 saturated carbocycles. The maximum atomic E-state index is 11.3. The molecule has 1 atom stereocenters. The van der Waals surface area contributed by atoms with E-state index in [-0.39, 0.29) is 5.02 Å². The first-order valence-electron chi connectivity index (χ1n) is 5.93. The summed E-state index contributed by atoms with van der Waals surface area (Å²) < 4.78 is 10.3. The highest BCUT2D eigenvalue weighted by molar-refractivity contribution is 6.33. The van der Waals surface area contributed by atoms with E-state index in [2.05, 4.69) is 5.32 Å². The third-order valence-electron chi connectivity index (χ3n) is 2.67. The Morgan fingerprint density at radius 1 is 1.42 bits per heavy atom. The summed E-state index contributed by atoms with van der Waals surface area (Å²) in [5, 5.41) is 12.5.